The van der Waals surface area contributed by atoms with Gasteiger partial charge < -0.3 is 10.8 Å². The molecule has 162 valence electrons. The Bertz CT molecular complexity index is 1000. The van der Waals surface area contributed by atoms with Crippen molar-refractivity contribution < 1.29 is 19.5 Å². The highest BCUT2D eigenvalue weighted by molar-refractivity contribution is 6.05. The Morgan fingerprint density at radius 2 is 2.00 bits per heavy atom. The molecule has 9 nitrogen and oxygen atoms in total. The number of carbonyl (C=O) groups is 2. The molecule has 1 aromatic carbocycles. The molecule has 1 amide bonds. The van der Waals surface area contributed by atoms with Gasteiger partial charge in [-0.1, -0.05) is 19.1 Å². The maximum Gasteiger partial charge on any atom is 0.303 e. The summed E-state index contributed by atoms with van der Waals surface area (Å²) in [7, 11) is 0. The van der Waals surface area contributed by atoms with Crippen molar-refractivity contribution in [1.29, 1.82) is 0 Å². The lowest BCUT2D eigenvalue weighted by Crippen LogP contribution is -2.34. The van der Waals surface area contributed by atoms with Crippen LogP contribution < -0.4 is 5.73 Å². The van der Waals surface area contributed by atoms with Gasteiger partial charge in [-0.2, -0.15) is 0 Å². The number of nitrogens with zero attached hydrogens (tertiary/aromatic N) is 4. The molecule has 0 spiro atoms. The van der Waals surface area contributed by atoms with E-state index in [-0.39, 0.29) is 25.4 Å². The average molecular weight is 423 g/mol. The monoisotopic (exact) mass is 423 g/mol. The van der Waals surface area contributed by atoms with Gasteiger partial charge in [-0.3, -0.25) is 14.4 Å². The molecule has 0 radical (unpaired) electrons. The molecular formula is C22H25N5O4. The van der Waals surface area contributed by atoms with E-state index in [4.69, 9.17) is 15.7 Å². The second kappa shape index (κ2) is 10.4. The number of amidine groups is 1. The number of hydrogen-bond acceptors (Lipinski definition) is 7. The van der Waals surface area contributed by atoms with Crippen LogP contribution in [0, 0.1) is 0 Å². The molecule has 0 unspecified atom stereocenters. The molecule has 9 heteroatoms. The first-order valence-electron chi connectivity index (χ1n) is 10.1. The minimum Gasteiger partial charge on any atom is -0.481 e. The van der Waals surface area contributed by atoms with Gasteiger partial charge in [0.05, 0.1) is 12.3 Å². The van der Waals surface area contributed by atoms with Crippen molar-refractivity contribution in [3.8, 4) is 11.1 Å². The molecular weight excluding hydrogens is 398 g/mol. The van der Waals surface area contributed by atoms with Crippen LogP contribution in [0.3, 0.4) is 0 Å². The fourth-order valence-corrected chi connectivity index (χ4v) is 3.14. The normalized spacial score (nSPS) is 12.9. The van der Waals surface area contributed by atoms with Gasteiger partial charge in [0.2, 0.25) is 0 Å². The third kappa shape index (κ3) is 5.95. The largest absolute Gasteiger partial charge is 0.481 e. The molecule has 1 aromatic heterocycles. The number of amides is 1. The lowest BCUT2D eigenvalue weighted by atomic mass is 10.0. The zero-order valence-corrected chi connectivity index (χ0v) is 17.3. The molecule has 1 aliphatic heterocycles. The summed E-state index contributed by atoms with van der Waals surface area (Å²) in [4.78, 5) is 41.9. The van der Waals surface area contributed by atoms with E-state index in [1.807, 2.05) is 25.1 Å². The molecule has 0 saturated carbocycles. The standard InChI is InChI=1S/C22H25N5O4/c1-2-7-27(31-8-3-4-21(28)29)22(30)17-9-16-6-5-15(18-12-24-14-25-13-18)10-19(16)26-20(23)11-17/h5-6,9-10,12-14H,2-4,7-8,11H2,1H3,(H2,23,26)(H,28,29). The lowest BCUT2D eigenvalue weighted by Gasteiger charge is -2.22. The summed E-state index contributed by atoms with van der Waals surface area (Å²) < 4.78 is 0. The Kier molecular flexibility index (Phi) is 7.45. The Morgan fingerprint density at radius 3 is 2.71 bits per heavy atom. The van der Waals surface area contributed by atoms with E-state index >= 15 is 0 Å². The Hall–Kier alpha value is -3.59. The molecule has 3 rings (SSSR count). The zero-order chi connectivity index (χ0) is 22.2. The number of hydroxylamine groups is 2. The predicted octanol–water partition coefficient (Wildman–Crippen LogP) is 2.95. The van der Waals surface area contributed by atoms with Crippen LogP contribution in [0.1, 0.15) is 38.2 Å². The van der Waals surface area contributed by atoms with Crippen LogP contribution in [0.25, 0.3) is 17.2 Å². The summed E-state index contributed by atoms with van der Waals surface area (Å²) in [6, 6.07) is 5.68. The fraction of sp³-hybridized carbons (Fsp3) is 0.318. The molecule has 1 aliphatic rings. The van der Waals surface area contributed by atoms with Gasteiger partial charge in [-0.05, 0) is 30.5 Å². The first kappa shape index (κ1) is 22.1. The summed E-state index contributed by atoms with van der Waals surface area (Å²) in [5.74, 6) is -0.878. The van der Waals surface area contributed by atoms with Gasteiger partial charge in [0, 0.05) is 48.5 Å². The Balaban J connectivity index is 1.83. The molecule has 3 N–H and O–H groups in total. The van der Waals surface area contributed by atoms with Crippen LogP contribution in [-0.4, -0.2) is 51.0 Å². The third-order valence-corrected chi connectivity index (χ3v) is 4.60. The SMILES string of the molecule is CCCN(OCCCC(=O)O)C(=O)C1=Cc2ccc(-c3cncnc3)cc2N=C(N)C1. The molecule has 31 heavy (non-hydrogen) atoms. The van der Waals surface area contributed by atoms with E-state index in [1.165, 1.54) is 11.4 Å². The number of carboxylic acids is 1. The molecule has 2 aromatic rings. The number of fused-ring (bicyclic) bond motifs is 1. The third-order valence-electron chi connectivity index (χ3n) is 4.60. The number of benzene rings is 1. The number of aliphatic carboxylic acids is 1. The van der Waals surface area contributed by atoms with Crippen LogP contribution in [0.15, 0.2) is 47.5 Å². The van der Waals surface area contributed by atoms with Gasteiger partial charge in [-0.25, -0.2) is 20.0 Å². The average Bonchev–Trinajstić information content (AvgIpc) is 2.93. The van der Waals surface area contributed by atoms with Crippen LogP contribution in [-0.2, 0) is 14.4 Å². The van der Waals surface area contributed by atoms with Crippen molar-refractivity contribution in [2.24, 2.45) is 10.7 Å². The van der Waals surface area contributed by atoms with Gasteiger partial charge in [-0.15, -0.1) is 0 Å². The molecule has 0 fully saturated rings. The smallest absolute Gasteiger partial charge is 0.303 e. The highest BCUT2D eigenvalue weighted by Gasteiger charge is 2.22. The van der Waals surface area contributed by atoms with Gasteiger partial charge in [0.1, 0.15) is 12.2 Å². The van der Waals surface area contributed by atoms with Crippen molar-refractivity contribution in [2.45, 2.75) is 32.6 Å². The summed E-state index contributed by atoms with van der Waals surface area (Å²) in [6.07, 6.45) is 7.86. The van der Waals surface area contributed by atoms with E-state index in [9.17, 15) is 9.59 Å². The lowest BCUT2D eigenvalue weighted by molar-refractivity contribution is -0.183. The minimum atomic E-state index is -0.898. The Morgan fingerprint density at radius 1 is 1.23 bits per heavy atom. The highest BCUT2D eigenvalue weighted by Crippen LogP contribution is 2.31. The molecule has 0 aliphatic carbocycles. The van der Waals surface area contributed by atoms with Crippen molar-refractivity contribution >= 4 is 29.5 Å². The van der Waals surface area contributed by atoms with Crippen molar-refractivity contribution in [3.05, 3.63) is 48.1 Å². The van der Waals surface area contributed by atoms with E-state index in [1.54, 1.807) is 18.5 Å². The van der Waals surface area contributed by atoms with Crippen molar-refractivity contribution in [2.75, 3.05) is 13.2 Å². The van der Waals surface area contributed by atoms with Crippen molar-refractivity contribution in [3.63, 3.8) is 0 Å². The minimum absolute atomic E-state index is 0.0153. The van der Waals surface area contributed by atoms with Gasteiger partial charge in [0.25, 0.3) is 5.91 Å². The predicted molar refractivity (Wildman–Crippen MR) is 116 cm³/mol. The Labute approximate surface area is 180 Å². The first-order chi connectivity index (χ1) is 15.0. The zero-order valence-electron chi connectivity index (χ0n) is 17.3. The van der Waals surface area contributed by atoms with Gasteiger partial charge in [0.15, 0.2) is 0 Å². The summed E-state index contributed by atoms with van der Waals surface area (Å²) in [5.41, 5.74) is 9.74. The summed E-state index contributed by atoms with van der Waals surface area (Å²) >= 11 is 0. The van der Waals surface area contributed by atoms with Crippen LogP contribution in [0.4, 0.5) is 5.69 Å². The summed E-state index contributed by atoms with van der Waals surface area (Å²) in [5, 5.41) is 10.0. The summed E-state index contributed by atoms with van der Waals surface area (Å²) in [6.45, 7) is 2.47. The number of carbonyl (C=O) groups excluding carboxylic acids is 1. The molecule has 0 bridgehead atoms. The van der Waals surface area contributed by atoms with E-state index < -0.39 is 5.97 Å². The highest BCUT2D eigenvalue weighted by atomic mass is 16.7. The topological polar surface area (TPSA) is 131 Å². The first-order valence-corrected chi connectivity index (χ1v) is 10.1. The quantitative estimate of drug-likeness (QED) is 0.468. The van der Waals surface area contributed by atoms with Gasteiger partial charge >= 0.3 is 5.97 Å². The van der Waals surface area contributed by atoms with E-state index in [0.29, 0.717) is 36.5 Å². The number of aliphatic imine (C=N–C) groups is 1. The van der Waals surface area contributed by atoms with E-state index in [2.05, 4.69) is 15.0 Å². The molecule has 0 atom stereocenters. The number of nitrogens with two attached hydrogens (primary N) is 1. The number of hydrogen-bond donors (Lipinski definition) is 2. The molecule has 0 saturated heterocycles. The second-order valence-corrected chi connectivity index (χ2v) is 7.09. The maximum atomic E-state index is 13.1. The molecule has 2 heterocycles. The number of carboxylic acid groups (broad SMARTS) is 1. The number of aromatic nitrogens is 2. The van der Waals surface area contributed by atoms with Crippen LogP contribution in [0.2, 0.25) is 0 Å². The fourth-order valence-electron chi connectivity index (χ4n) is 3.14. The van der Waals surface area contributed by atoms with E-state index in [0.717, 1.165) is 16.7 Å². The van der Waals surface area contributed by atoms with Crippen LogP contribution >= 0.6 is 0 Å². The van der Waals surface area contributed by atoms with Crippen LogP contribution in [0.5, 0.6) is 0 Å². The maximum absolute atomic E-state index is 13.1. The second-order valence-electron chi connectivity index (χ2n) is 7.09. The number of rotatable bonds is 9. The van der Waals surface area contributed by atoms with Crippen molar-refractivity contribution in [1.82, 2.24) is 15.0 Å².